The average Bonchev–Trinajstić information content (AvgIpc) is 2.42. The van der Waals surface area contributed by atoms with Gasteiger partial charge in [-0.1, -0.05) is 71.9 Å². The van der Waals surface area contributed by atoms with Gasteiger partial charge in [-0.2, -0.15) is 0 Å². The molecule has 0 bridgehead atoms. The summed E-state index contributed by atoms with van der Waals surface area (Å²) in [6.45, 7) is 16.1. The monoisotopic (exact) mass is 289 g/mol. The second kappa shape index (κ2) is 7.98. The summed E-state index contributed by atoms with van der Waals surface area (Å²) in [5.74, 6) is 0.706. The maximum Gasteiger partial charge on any atom is 0.00753 e. The molecule has 0 fully saturated rings. The topological polar surface area (TPSA) is 12.0 Å². The highest BCUT2D eigenvalue weighted by atomic mass is 14.9. The standard InChI is InChI=1S/C20H35N/c1-7-20(14-13-19(4,5)6,16-21-15-17(2)3)18-11-9-8-10-12-18/h8-12,17,21H,7,13-16H2,1-6H3. The van der Waals surface area contributed by atoms with Crippen LogP contribution < -0.4 is 5.32 Å². The molecule has 120 valence electrons. The Morgan fingerprint density at radius 3 is 2.10 bits per heavy atom. The molecule has 1 unspecified atom stereocenters. The molecule has 1 aromatic carbocycles. The predicted molar refractivity (Wildman–Crippen MR) is 94.8 cm³/mol. The van der Waals surface area contributed by atoms with Crippen LogP contribution in [0.5, 0.6) is 0 Å². The van der Waals surface area contributed by atoms with Crippen molar-refractivity contribution in [1.82, 2.24) is 5.32 Å². The van der Waals surface area contributed by atoms with Gasteiger partial charge in [0.15, 0.2) is 0 Å². The third-order valence-electron chi connectivity index (χ3n) is 4.43. The maximum absolute atomic E-state index is 3.71. The van der Waals surface area contributed by atoms with E-state index in [1.807, 2.05) is 0 Å². The van der Waals surface area contributed by atoms with Crippen LogP contribution in [0.2, 0.25) is 0 Å². The molecule has 0 aliphatic rings. The van der Waals surface area contributed by atoms with Gasteiger partial charge in [0.25, 0.3) is 0 Å². The van der Waals surface area contributed by atoms with Crippen LogP contribution in [0.15, 0.2) is 30.3 Å². The van der Waals surface area contributed by atoms with Crippen LogP contribution in [0, 0.1) is 11.3 Å². The highest BCUT2D eigenvalue weighted by molar-refractivity contribution is 5.26. The lowest BCUT2D eigenvalue weighted by molar-refractivity contribution is 0.271. The molecule has 0 aliphatic heterocycles. The first-order valence-electron chi connectivity index (χ1n) is 8.55. The zero-order chi connectivity index (χ0) is 15.9. The number of benzene rings is 1. The Labute approximate surface area is 132 Å². The van der Waals surface area contributed by atoms with Gasteiger partial charge in [0.05, 0.1) is 0 Å². The average molecular weight is 290 g/mol. The van der Waals surface area contributed by atoms with E-state index in [2.05, 4.69) is 77.2 Å². The van der Waals surface area contributed by atoms with Crippen molar-refractivity contribution in [2.75, 3.05) is 13.1 Å². The minimum atomic E-state index is 0.267. The van der Waals surface area contributed by atoms with Gasteiger partial charge < -0.3 is 5.32 Å². The lowest BCUT2D eigenvalue weighted by atomic mass is 9.71. The number of nitrogens with one attached hydrogen (secondary N) is 1. The fourth-order valence-corrected chi connectivity index (χ4v) is 2.85. The van der Waals surface area contributed by atoms with Crippen LogP contribution in [0.1, 0.15) is 66.4 Å². The summed E-state index contributed by atoms with van der Waals surface area (Å²) in [6, 6.07) is 11.1. The first kappa shape index (κ1) is 18.2. The molecule has 0 radical (unpaired) electrons. The van der Waals surface area contributed by atoms with E-state index in [4.69, 9.17) is 0 Å². The molecule has 0 saturated carbocycles. The zero-order valence-electron chi connectivity index (χ0n) is 15.0. The van der Waals surface area contributed by atoms with Crippen molar-refractivity contribution < 1.29 is 0 Å². The molecule has 21 heavy (non-hydrogen) atoms. The molecule has 0 spiro atoms. The van der Waals surface area contributed by atoms with E-state index >= 15 is 0 Å². The summed E-state index contributed by atoms with van der Waals surface area (Å²) in [5.41, 5.74) is 2.16. The Morgan fingerprint density at radius 2 is 1.62 bits per heavy atom. The van der Waals surface area contributed by atoms with Crippen LogP contribution in [-0.2, 0) is 5.41 Å². The normalized spacial score (nSPS) is 15.2. The fraction of sp³-hybridized carbons (Fsp3) is 0.700. The number of hydrogen-bond acceptors (Lipinski definition) is 1. The van der Waals surface area contributed by atoms with Gasteiger partial charge in [0.1, 0.15) is 0 Å². The summed E-state index contributed by atoms with van der Waals surface area (Å²) < 4.78 is 0. The minimum Gasteiger partial charge on any atom is -0.316 e. The summed E-state index contributed by atoms with van der Waals surface area (Å²) >= 11 is 0. The largest absolute Gasteiger partial charge is 0.316 e. The Morgan fingerprint density at radius 1 is 1.00 bits per heavy atom. The second-order valence-corrected chi connectivity index (χ2v) is 8.09. The van der Waals surface area contributed by atoms with E-state index in [9.17, 15) is 0 Å². The highest BCUT2D eigenvalue weighted by Crippen LogP contribution is 2.36. The first-order valence-corrected chi connectivity index (χ1v) is 8.55. The lowest BCUT2D eigenvalue weighted by Gasteiger charge is -2.36. The summed E-state index contributed by atoms with van der Waals surface area (Å²) in [4.78, 5) is 0. The first-order chi connectivity index (χ1) is 9.79. The third-order valence-corrected chi connectivity index (χ3v) is 4.43. The van der Waals surface area contributed by atoms with Crippen LogP contribution in [0.3, 0.4) is 0 Å². The maximum atomic E-state index is 3.71. The molecule has 1 rings (SSSR count). The molecule has 1 nitrogen and oxygen atoms in total. The predicted octanol–water partition coefficient (Wildman–Crippen LogP) is 5.41. The van der Waals surface area contributed by atoms with E-state index in [1.165, 1.54) is 24.8 Å². The number of rotatable bonds is 8. The van der Waals surface area contributed by atoms with E-state index in [1.54, 1.807) is 0 Å². The van der Waals surface area contributed by atoms with Gasteiger partial charge in [-0.25, -0.2) is 0 Å². The molecule has 0 amide bonds. The Kier molecular flexibility index (Phi) is 6.93. The molecule has 0 saturated heterocycles. The molecule has 0 aliphatic carbocycles. The van der Waals surface area contributed by atoms with Crippen molar-refractivity contribution in [1.29, 1.82) is 0 Å². The van der Waals surface area contributed by atoms with E-state index in [-0.39, 0.29) is 5.41 Å². The molecular formula is C20H35N. The van der Waals surface area contributed by atoms with E-state index in [0.717, 1.165) is 13.1 Å². The van der Waals surface area contributed by atoms with E-state index < -0.39 is 0 Å². The van der Waals surface area contributed by atoms with Gasteiger partial charge in [0, 0.05) is 12.0 Å². The van der Waals surface area contributed by atoms with Gasteiger partial charge in [-0.15, -0.1) is 0 Å². The van der Waals surface area contributed by atoms with Crippen LogP contribution in [-0.4, -0.2) is 13.1 Å². The summed E-state index contributed by atoms with van der Waals surface area (Å²) in [6.07, 6.45) is 3.71. The smallest absolute Gasteiger partial charge is 0.00753 e. The van der Waals surface area contributed by atoms with Crippen LogP contribution in [0.25, 0.3) is 0 Å². The Balaban J connectivity index is 2.90. The SMILES string of the molecule is CCC(CCC(C)(C)C)(CNCC(C)C)c1ccccc1. The summed E-state index contributed by atoms with van der Waals surface area (Å²) in [5, 5.41) is 3.71. The molecule has 0 heterocycles. The molecular weight excluding hydrogens is 254 g/mol. The van der Waals surface area contributed by atoms with Gasteiger partial charge >= 0.3 is 0 Å². The lowest BCUT2D eigenvalue weighted by Crippen LogP contribution is -2.40. The quantitative estimate of drug-likeness (QED) is 0.675. The molecule has 0 aromatic heterocycles. The van der Waals surface area contributed by atoms with E-state index in [0.29, 0.717) is 11.3 Å². The van der Waals surface area contributed by atoms with Crippen molar-refractivity contribution in [3.05, 3.63) is 35.9 Å². The van der Waals surface area contributed by atoms with Crippen LogP contribution in [0.4, 0.5) is 0 Å². The van der Waals surface area contributed by atoms with Crippen molar-refractivity contribution in [2.45, 2.75) is 66.2 Å². The number of hydrogen-bond donors (Lipinski definition) is 1. The minimum absolute atomic E-state index is 0.267. The van der Waals surface area contributed by atoms with Crippen molar-refractivity contribution in [2.24, 2.45) is 11.3 Å². The third kappa shape index (κ3) is 6.22. The van der Waals surface area contributed by atoms with Gasteiger partial charge in [-0.3, -0.25) is 0 Å². The summed E-state index contributed by atoms with van der Waals surface area (Å²) in [7, 11) is 0. The molecule has 1 N–H and O–H groups in total. The Hall–Kier alpha value is -0.820. The van der Waals surface area contributed by atoms with Gasteiger partial charge in [0.2, 0.25) is 0 Å². The second-order valence-electron chi connectivity index (χ2n) is 8.09. The molecule has 1 aromatic rings. The Bertz CT molecular complexity index is 388. The van der Waals surface area contributed by atoms with Crippen molar-refractivity contribution in [3.63, 3.8) is 0 Å². The fourth-order valence-electron chi connectivity index (χ4n) is 2.85. The molecule has 1 heteroatoms. The highest BCUT2D eigenvalue weighted by Gasteiger charge is 2.31. The van der Waals surface area contributed by atoms with Crippen molar-refractivity contribution >= 4 is 0 Å². The van der Waals surface area contributed by atoms with Crippen LogP contribution >= 0.6 is 0 Å². The van der Waals surface area contributed by atoms with Gasteiger partial charge in [-0.05, 0) is 42.7 Å². The molecule has 1 atom stereocenters. The zero-order valence-corrected chi connectivity index (χ0v) is 15.0. The van der Waals surface area contributed by atoms with Crippen molar-refractivity contribution in [3.8, 4) is 0 Å².